The standard InChI is InChI=1S/C23H25N5O2/c1-28(2)18-10-5-8-16(14-18)20-12-6-11-19(21(20)23(25)27-30-3)15-7-4-9-17(13-15)22(24)26-29/h4-14,29H,1-3H3,(H2,24,26)(H2,25,27). The zero-order valence-electron chi connectivity index (χ0n) is 17.2. The van der Waals surface area contributed by atoms with Crippen LogP contribution in [0.2, 0.25) is 0 Å². The maximum absolute atomic E-state index is 9.03. The van der Waals surface area contributed by atoms with Crippen LogP contribution in [0.25, 0.3) is 22.3 Å². The minimum Gasteiger partial charge on any atom is -0.409 e. The van der Waals surface area contributed by atoms with Crippen molar-refractivity contribution in [1.29, 1.82) is 0 Å². The lowest BCUT2D eigenvalue weighted by Gasteiger charge is -2.18. The molecule has 0 amide bonds. The van der Waals surface area contributed by atoms with Crippen molar-refractivity contribution in [1.82, 2.24) is 0 Å². The molecule has 0 saturated heterocycles. The molecule has 154 valence electrons. The molecule has 3 aromatic carbocycles. The van der Waals surface area contributed by atoms with Crippen LogP contribution in [-0.2, 0) is 4.84 Å². The van der Waals surface area contributed by atoms with Crippen LogP contribution in [0.1, 0.15) is 11.1 Å². The first-order valence-corrected chi connectivity index (χ1v) is 9.32. The van der Waals surface area contributed by atoms with Crippen molar-refractivity contribution in [3.63, 3.8) is 0 Å². The smallest absolute Gasteiger partial charge is 0.171 e. The van der Waals surface area contributed by atoms with Gasteiger partial charge in [-0.3, -0.25) is 0 Å². The second-order valence-electron chi connectivity index (χ2n) is 6.90. The molecule has 7 heteroatoms. The fraction of sp³-hybridized carbons (Fsp3) is 0.130. The van der Waals surface area contributed by atoms with Gasteiger partial charge in [-0.05, 0) is 40.5 Å². The van der Waals surface area contributed by atoms with Gasteiger partial charge in [-0.1, -0.05) is 58.8 Å². The van der Waals surface area contributed by atoms with Crippen molar-refractivity contribution < 1.29 is 10.0 Å². The summed E-state index contributed by atoms with van der Waals surface area (Å²) >= 11 is 0. The molecule has 0 aromatic heterocycles. The highest BCUT2D eigenvalue weighted by molar-refractivity contribution is 6.09. The molecule has 3 aromatic rings. The molecule has 7 nitrogen and oxygen atoms in total. The molecular formula is C23H25N5O2. The second kappa shape index (κ2) is 9.00. The molecule has 0 atom stereocenters. The molecular weight excluding hydrogens is 378 g/mol. The molecule has 0 aliphatic carbocycles. The summed E-state index contributed by atoms with van der Waals surface area (Å²) in [5.74, 6) is 0.291. The van der Waals surface area contributed by atoms with Gasteiger partial charge in [0.15, 0.2) is 11.7 Å². The summed E-state index contributed by atoms with van der Waals surface area (Å²) in [6.45, 7) is 0. The van der Waals surface area contributed by atoms with Crippen molar-refractivity contribution in [3.8, 4) is 22.3 Å². The van der Waals surface area contributed by atoms with E-state index < -0.39 is 0 Å². The van der Waals surface area contributed by atoms with Crippen molar-refractivity contribution in [2.45, 2.75) is 0 Å². The van der Waals surface area contributed by atoms with E-state index in [1.54, 1.807) is 6.07 Å². The zero-order valence-corrected chi connectivity index (χ0v) is 17.2. The number of oxime groups is 2. The van der Waals surface area contributed by atoms with Crippen LogP contribution in [-0.4, -0.2) is 38.1 Å². The Hall–Kier alpha value is -4.00. The van der Waals surface area contributed by atoms with Crippen LogP contribution >= 0.6 is 0 Å². The van der Waals surface area contributed by atoms with Crippen LogP contribution < -0.4 is 16.4 Å². The Balaban J connectivity index is 2.27. The third-order valence-corrected chi connectivity index (χ3v) is 4.76. The van der Waals surface area contributed by atoms with Crippen molar-refractivity contribution in [3.05, 3.63) is 77.9 Å². The fourth-order valence-electron chi connectivity index (χ4n) is 3.31. The van der Waals surface area contributed by atoms with E-state index in [4.69, 9.17) is 21.5 Å². The van der Waals surface area contributed by atoms with Crippen LogP contribution in [0.5, 0.6) is 0 Å². The van der Waals surface area contributed by atoms with E-state index in [2.05, 4.69) is 16.4 Å². The summed E-state index contributed by atoms with van der Waals surface area (Å²) in [5.41, 5.74) is 18.2. The molecule has 0 bridgehead atoms. The number of amidine groups is 2. The van der Waals surface area contributed by atoms with Gasteiger partial charge in [-0.15, -0.1) is 0 Å². The number of nitrogens with zero attached hydrogens (tertiary/aromatic N) is 3. The van der Waals surface area contributed by atoms with E-state index in [9.17, 15) is 0 Å². The molecule has 0 radical (unpaired) electrons. The average molecular weight is 403 g/mol. The Bertz CT molecular complexity index is 1110. The number of hydrogen-bond donors (Lipinski definition) is 3. The van der Waals surface area contributed by atoms with Gasteiger partial charge in [0.05, 0.1) is 0 Å². The summed E-state index contributed by atoms with van der Waals surface area (Å²) in [7, 11) is 5.45. The number of anilines is 1. The number of hydrogen-bond acceptors (Lipinski definition) is 5. The highest BCUT2D eigenvalue weighted by atomic mass is 16.6. The molecule has 0 fully saturated rings. The Morgan fingerprint density at radius 2 is 1.47 bits per heavy atom. The first-order chi connectivity index (χ1) is 14.5. The van der Waals surface area contributed by atoms with E-state index in [0.29, 0.717) is 5.56 Å². The van der Waals surface area contributed by atoms with Crippen LogP contribution in [0.15, 0.2) is 77.0 Å². The van der Waals surface area contributed by atoms with Crippen molar-refractivity contribution in [2.24, 2.45) is 21.8 Å². The quantitative estimate of drug-likeness (QED) is 0.253. The Morgan fingerprint density at radius 3 is 2.07 bits per heavy atom. The van der Waals surface area contributed by atoms with Gasteiger partial charge >= 0.3 is 0 Å². The molecule has 0 heterocycles. The summed E-state index contributed by atoms with van der Waals surface area (Å²) < 4.78 is 0. The molecule has 30 heavy (non-hydrogen) atoms. The van der Waals surface area contributed by atoms with Gasteiger partial charge < -0.3 is 26.4 Å². The monoisotopic (exact) mass is 403 g/mol. The molecule has 0 aliphatic rings. The van der Waals surface area contributed by atoms with Gasteiger partial charge in [-0.2, -0.15) is 0 Å². The molecule has 5 N–H and O–H groups in total. The molecule has 3 rings (SSSR count). The normalized spacial score (nSPS) is 12.0. The summed E-state index contributed by atoms with van der Waals surface area (Å²) in [6.07, 6.45) is 0. The number of benzene rings is 3. The average Bonchev–Trinajstić information content (AvgIpc) is 2.78. The third-order valence-electron chi connectivity index (χ3n) is 4.76. The van der Waals surface area contributed by atoms with Crippen molar-refractivity contribution in [2.75, 3.05) is 26.1 Å². The highest BCUT2D eigenvalue weighted by Gasteiger charge is 2.17. The van der Waals surface area contributed by atoms with Crippen molar-refractivity contribution >= 4 is 17.4 Å². The number of nitrogens with two attached hydrogens (primary N) is 2. The van der Waals surface area contributed by atoms with Gasteiger partial charge in [0.25, 0.3) is 0 Å². The van der Waals surface area contributed by atoms with E-state index in [-0.39, 0.29) is 11.7 Å². The highest BCUT2D eigenvalue weighted by Crippen LogP contribution is 2.34. The van der Waals surface area contributed by atoms with Crippen LogP contribution in [0.3, 0.4) is 0 Å². The minimum atomic E-state index is 0.0340. The minimum absolute atomic E-state index is 0.0340. The van der Waals surface area contributed by atoms with Gasteiger partial charge in [0.1, 0.15) is 7.11 Å². The lowest BCUT2D eigenvalue weighted by atomic mass is 9.90. The molecule has 0 unspecified atom stereocenters. The summed E-state index contributed by atoms with van der Waals surface area (Å²) in [4.78, 5) is 7.01. The lowest BCUT2D eigenvalue weighted by molar-refractivity contribution is 0.213. The Labute approximate surface area is 175 Å². The van der Waals surface area contributed by atoms with E-state index >= 15 is 0 Å². The number of rotatable bonds is 6. The first-order valence-electron chi connectivity index (χ1n) is 9.32. The van der Waals surface area contributed by atoms with Crippen LogP contribution in [0.4, 0.5) is 5.69 Å². The maximum Gasteiger partial charge on any atom is 0.171 e. The van der Waals surface area contributed by atoms with Gasteiger partial charge in [0, 0.05) is 30.9 Å². The van der Waals surface area contributed by atoms with E-state index in [1.807, 2.05) is 73.6 Å². The fourth-order valence-corrected chi connectivity index (χ4v) is 3.31. The first kappa shape index (κ1) is 20.7. The molecule has 0 saturated carbocycles. The van der Waals surface area contributed by atoms with Gasteiger partial charge in [-0.25, -0.2) is 0 Å². The molecule has 0 aliphatic heterocycles. The van der Waals surface area contributed by atoms with Crippen LogP contribution in [0, 0.1) is 0 Å². The topological polar surface area (TPSA) is 109 Å². The Morgan fingerprint density at radius 1 is 0.867 bits per heavy atom. The summed E-state index contributed by atoms with van der Waals surface area (Å²) in [6, 6.07) is 21.5. The predicted octanol–water partition coefficient (Wildman–Crippen LogP) is 3.45. The van der Waals surface area contributed by atoms with E-state index in [1.165, 1.54) is 7.11 Å². The third kappa shape index (κ3) is 4.20. The van der Waals surface area contributed by atoms with E-state index in [0.717, 1.165) is 33.5 Å². The van der Waals surface area contributed by atoms with Gasteiger partial charge in [0.2, 0.25) is 0 Å². The maximum atomic E-state index is 9.03. The molecule has 0 spiro atoms. The zero-order chi connectivity index (χ0) is 21.7. The SMILES string of the molecule is CON=C(N)c1c(-c2cccc(C(N)=NO)c2)cccc1-c1cccc(N(C)C)c1. The lowest BCUT2D eigenvalue weighted by Crippen LogP contribution is -2.17. The largest absolute Gasteiger partial charge is 0.409 e. The Kier molecular flexibility index (Phi) is 6.22. The predicted molar refractivity (Wildman–Crippen MR) is 122 cm³/mol. The second-order valence-corrected chi connectivity index (χ2v) is 6.90. The summed E-state index contributed by atoms with van der Waals surface area (Å²) in [5, 5.41) is 16.1.